The van der Waals surface area contributed by atoms with Gasteiger partial charge in [-0.2, -0.15) is 0 Å². The molecule has 0 spiro atoms. The van der Waals surface area contributed by atoms with Crippen molar-refractivity contribution in [3.63, 3.8) is 0 Å². The van der Waals surface area contributed by atoms with Crippen molar-refractivity contribution in [3.8, 4) is 23.0 Å². The predicted molar refractivity (Wildman–Crippen MR) is 315 cm³/mol. The Morgan fingerprint density at radius 1 is 0.237 bits per heavy atom. The van der Waals surface area contributed by atoms with E-state index in [1.54, 1.807) is 0 Å². The molecule has 4 heteroatoms. The Hall–Kier alpha value is -7.04. The van der Waals surface area contributed by atoms with Gasteiger partial charge >= 0.3 is 0 Å². The highest BCUT2D eigenvalue weighted by molar-refractivity contribution is 5.56. The second-order valence-electron chi connectivity index (χ2n) is 25.3. The largest absolute Gasteiger partial charge is 0.488 e. The van der Waals surface area contributed by atoms with Crippen molar-refractivity contribution in [2.45, 2.75) is 157 Å². The average Bonchev–Trinajstić information content (AvgIpc) is 3.37. The van der Waals surface area contributed by atoms with Gasteiger partial charge in [0, 0.05) is 25.7 Å². The van der Waals surface area contributed by atoms with Crippen LogP contribution in [0.5, 0.6) is 23.0 Å². The number of ether oxygens (including phenoxy) is 4. The summed E-state index contributed by atoms with van der Waals surface area (Å²) in [5, 5.41) is 0. The first kappa shape index (κ1) is 53.8. The molecular formula is C72H80O4. The third-order valence-electron chi connectivity index (χ3n) is 15.0. The zero-order chi connectivity index (χ0) is 53.8. The van der Waals surface area contributed by atoms with Gasteiger partial charge in [-0.05, 0) is 111 Å². The highest BCUT2D eigenvalue weighted by atomic mass is 16.5. The van der Waals surface area contributed by atoms with Crippen LogP contribution in [-0.2, 0) is 73.8 Å². The van der Waals surface area contributed by atoms with E-state index in [-0.39, 0.29) is 21.7 Å². The molecule has 8 aromatic carbocycles. The van der Waals surface area contributed by atoms with Gasteiger partial charge in [-0.1, -0.05) is 253 Å². The van der Waals surface area contributed by atoms with Crippen LogP contribution < -0.4 is 18.9 Å². The Kier molecular flexibility index (Phi) is 15.8. The molecule has 9 rings (SSSR count). The third-order valence-corrected chi connectivity index (χ3v) is 15.0. The second-order valence-corrected chi connectivity index (χ2v) is 25.3. The fourth-order valence-corrected chi connectivity index (χ4v) is 10.3. The molecule has 0 heterocycles. The fourth-order valence-electron chi connectivity index (χ4n) is 10.3. The van der Waals surface area contributed by atoms with E-state index >= 15 is 0 Å². The van der Waals surface area contributed by atoms with Crippen molar-refractivity contribution in [1.82, 2.24) is 0 Å². The summed E-state index contributed by atoms with van der Waals surface area (Å²) in [5.74, 6) is 3.59. The van der Waals surface area contributed by atoms with Crippen molar-refractivity contribution >= 4 is 0 Å². The average molecular weight is 1010 g/mol. The van der Waals surface area contributed by atoms with Gasteiger partial charge in [0.1, 0.15) is 49.4 Å². The van der Waals surface area contributed by atoms with Gasteiger partial charge in [-0.3, -0.25) is 0 Å². The quantitative estimate of drug-likeness (QED) is 0.122. The minimum atomic E-state index is 0.0591. The first-order valence-electron chi connectivity index (χ1n) is 27.5. The Morgan fingerprint density at radius 2 is 0.395 bits per heavy atom. The maximum atomic E-state index is 7.12. The van der Waals surface area contributed by atoms with Gasteiger partial charge in [0.25, 0.3) is 0 Å². The molecule has 1 aliphatic rings. The summed E-state index contributed by atoms with van der Waals surface area (Å²) in [6.45, 7) is 28.8. The number of benzene rings is 8. The van der Waals surface area contributed by atoms with Crippen molar-refractivity contribution in [3.05, 3.63) is 259 Å². The molecule has 1 aliphatic carbocycles. The fraction of sp³-hybridized carbons (Fsp3) is 0.333. The molecule has 76 heavy (non-hydrogen) atoms. The molecule has 392 valence electrons. The molecule has 0 saturated carbocycles. The summed E-state index contributed by atoms with van der Waals surface area (Å²) in [5.41, 5.74) is 18.8. The molecule has 8 bridgehead atoms. The number of hydrogen-bond donors (Lipinski definition) is 0. The number of hydrogen-bond acceptors (Lipinski definition) is 4. The van der Waals surface area contributed by atoms with Gasteiger partial charge < -0.3 is 18.9 Å². The van der Waals surface area contributed by atoms with E-state index in [0.29, 0.717) is 52.1 Å². The Balaban J connectivity index is 1.17. The minimum Gasteiger partial charge on any atom is -0.488 e. The Labute approximate surface area is 455 Å². The lowest BCUT2D eigenvalue weighted by Crippen LogP contribution is -2.11. The van der Waals surface area contributed by atoms with E-state index in [2.05, 4.69) is 253 Å². The van der Waals surface area contributed by atoms with Gasteiger partial charge in [0.15, 0.2) is 0 Å². The standard InChI is InChI=1S/C72H80O4/c1-69(2,3)61-33-25-49(26-34-61)45-73-65-53-17-13-18-54(65)42-56-20-15-22-58(67(56)75-47-51-29-37-63(38-30-51)71(7,8)9)44-60-24-16-23-59(68(60)76-48-52-31-39-64(40-32-52)72(10,11)12)43-57-21-14-19-55(41-53)66(57)74-46-50-27-35-62(36-28-50)70(4,5)6/h13-40H,41-48H2,1-12H3. The van der Waals surface area contributed by atoms with E-state index in [4.69, 9.17) is 18.9 Å². The normalized spacial score (nSPS) is 13.0. The zero-order valence-corrected chi connectivity index (χ0v) is 47.5. The third kappa shape index (κ3) is 13.1. The smallest absolute Gasteiger partial charge is 0.126 e. The summed E-state index contributed by atoms with van der Waals surface area (Å²) in [6.07, 6.45) is 2.45. The van der Waals surface area contributed by atoms with Crippen LogP contribution in [0.25, 0.3) is 0 Å². The van der Waals surface area contributed by atoms with Gasteiger partial charge in [-0.15, -0.1) is 0 Å². The van der Waals surface area contributed by atoms with Gasteiger partial charge in [-0.25, -0.2) is 0 Å². The van der Waals surface area contributed by atoms with Crippen LogP contribution in [0.1, 0.15) is 172 Å². The molecule has 0 unspecified atom stereocenters. The molecular weight excluding hydrogens is 929 g/mol. The van der Waals surface area contributed by atoms with Crippen LogP contribution in [0.4, 0.5) is 0 Å². The second kappa shape index (κ2) is 22.3. The number of rotatable bonds is 12. The highest BCUT2D eigenvalue weighted by Crippen LogP contribution is 2.40. The maximum absolute atomic E-state index is 7.12. The van der Waals surface area contributed by atoms with E-state index in [1.807, 2.05) is 0 Å². The minimum absolute atomic E-state index is 0.0591. The lowest BCUT2D eigenvalue weighted by molar-refractivity contribution is 0.293. The monoisotopic (exact) mass is 1010 g/mol. The van der Waals surface area contributed by atoms with Crippen LogP contribution in [0.3, 0.4) is 0 Å². The van der Waals surface area contributed by atoms with Crippen molar-refractivity contribution < 1.29 is 18.9 Å². The maximum Gasteiger partial charge on any atom is 0.126 e. The van der Waals surface area contributed by atoms with Crippen LogP contribution >= 0.6 is 0 Å². The van der Waals surface area contributed by atoms with Gasteiger partial charge in [0.05, 0.1) is 0 Å². The van der Waals surface area contributed by atoms with Gasteiger partial charge in [0.2, 0.25) is 0 Å². The Morgan fingerprint density at radius 3 is 0.539 bits per heavy atom. The Bertz CT molecular complexity index is 2720. The topological polar surface area (TPSA) is 36.9 Å². The molecule has 0 fully saturated rings. The van der Waals surface area contributed by atoms with Crippen LogP contribution in [-0.4, -0.2) is 0 Å². The number of para-hydroxylation sites is 4. The van der Waals surface area contributed by atoms with Crippen LogP contribution in [0, 0.1) is 0 Å². The molecule has 0 amide bonds. The van der Waals surface area contributed by atoms with Crippen LogP contribution in [0.15, 0.2) is 170 Å². The first-order chi connectivity index (χ1) is 36.2. The summed E-state index contributed by atoms with van der Waals surface area (Å²) in [4.78, 5) is 0. The first-order valence-corrected chi connectivity index (χ1v) is 27.5. The summed E-state index contributed by atoms with van der Waals surface area (Å²) < 4.78 is 28.5. The zero-order valence-electron chi connectivity index (χ0n) is 47.5. The summed E-state index contributed by atoms with van der Waals surface area (Å²) >= 11 is 0. The molecule has 8 aromatic rings. The molecule has 0 atom stereocenters. The lowest BCUT2D eigenvalue weighted by Gasteiger charge is -2.23. The highest BCUT2D eigenvalue weighted by Gasteiger charge is 2.24. The molecule has 4 nitrogen and oxygen atoms in total. The molecule has 0 saturated heterocycles. The number of fused-ring (bicyclic) bond motifs is 8. The van der Waals surface area contributed by atoms with E-state index in [9.17, 15) is 0 Å². The van der Waals surface area contributed by atoms with Crippen molar-refractivity contribution in [2.24, 2.45) is 0 Å². The molecule has 0 aliphatic heterocycles. The molecule has 0 aromatic heterocycles. The summed E-state index contributed by atoms with van der Waals surface area (Å²) in [6, 6.07) is 62.2. The molecule has 0 radical (unpaired) electrons. The molecule has 0 N–H and O–H groups in total. The van der Waals surface area contributed by atoms with E-state index in [1.165, 1.54) is 22.3 Å². The van der Waals surface area contributed by atoms with E-state index in [0.717, 1.165) is 89.8 Å². The van der Waals surface area contributed by atoms with E-state index < -0.39 is 0 Å². The lowest BCUT2D eigenvalue weighted by atomic mass is 9.87. The van der Waals surface area contributed by atoms with Crippen LogP contribution in [0.2, 0.25) is 0 Å². The van der Waals surface area contributed by atoms with Crippen molar-refractivity contribution in [2.75, 3.05) is 0 Å². The predicted octanol–water partition coefficient (Wildman–Crippen LogP) is 17.9. The SMILES string of the molecule is CC(C)(C)c1ccc(COc2c3cccc2Cc2cccc(c2OCc2ccc(C(C)(C)C)cc2)Cc2cccc(c2OCc2ccc(C(C)(C)C)cc2)Cc2cccc(c2OCc2ccc(C(C)(C)C)cc2)C3)cc1. The van der Waals surface area contributed by atoms with Crippen molar-refractivity contribution in [1.29, 1.82) is 0 Å². The summed E-state index contributed by atoms with van der Waals surface area (Å²) in [7, 11) is 0.